The Morgan fingerprint density at radius 1 is 1.36 bits per heavy atom. The van der Waals surface area contributed by atoms with Crippen LogP contribution in [0.4, 0.5) is 0 Å². The van der Waals surface area contributed by atoms with E-state index in [4.69, 9.17) is 4.74 Å². The Bertz CT molecular complexity index is 704. The summed E-state index contributed by atoms with van der Waals surface area (Å²) in [5.41, 5.74) is 4.18. The van der Waals surface area contributed by atoms with E-state index >= 15 is 0 Å². The smallest absolute Gasteiger partial charge is 0.115 e. The van der Waals surface area contributed by atoms with E-state index in [1.54, 1.807) is 0 Å². The van der Waals surface area contributed by atoms with Crippen LogP contribution in [0.2, 0.25) is 0 Å². The van der Waals surface area contributed by atoms with Crippen LogP contribution in [0.1, 0.15) is 51.7 Å². The highest BCUT2D eigenvalue weighted by Crippen LogP contribution is 2.55. The van der Waals surface area contributed by atoms with Crippen LogP contribution in [0, 0.1) is 5.92 Å². The van der Waals surface area contributed by atoms with E-state index in [2.05, 4.69) is 44.7 Å². The topological polar surface area (TPSA) is 32.7 Å². The third-order valence-corrected chi connectivity index (χ3v) is 6.71. The molecule has 1 N–H and O–H groups in total. The Hall–Kier alpha value is -1.32. The fourth-order valence-electron chi connectivity index (χ4n) is 5.38. The summed E-state index contributed by atoms with van der Waals surface area (Å²) in [6.45, 7) is 11.8. The maximum atomic E-state index is 10.1. The molecule has 1 aromatic rings. The van der Waals surface area contributed by atoms with Gasteiger partial charge >= 0.3 is 0 Å². The zero-order chi connectivity index (χ0) is 17.8. The van der Waals surface area contributed by atoms with Gasteiger partial charge < -0.3 is 9.84 Å². The van der Waals surface area contributed by atoms with E-state index in [1.807, 2.05) is 12.1 Å². The number of aromatic hydroxyl groups is 1. The fourth-order valence-corrected chi connectivity index (χ4v) is 5.38. The van der Waals surface area contributed by atoms with Gasteiger partial charge in [-0.25, -0.2) is 0 Å². The first-order chi connectivity index (χ1) is 11.8. The Morgan fingerprint density at radius 2 is 2.16 bits per heavy atom. The third kappa shape index (κ3) is 2.82. The molecule has 0 aromatic heterocycles. The number of phenols is 1. The SMILES string of the molecule is CC(C)=CCN1CC[C@]23COC(C)(C)C[C@H]2[C@H]1Cc1ccc(O)cc13. The van der Waals surface area contributed by atoms with Gasteiger partial charge in [-0.2, -0.15) is 0 Å². The molecule has 1 aliphatic carbocycles. The van der Waals surface area contributed by atoms with Crippen LogP contribution < -0.4 is 0 Å². The first-order valence-corrected chi connectivity index (χ1v) is 9.64. The van der Waals surface area contributed by atoms with Crippen molar-refractivity contribution in [1.29, 1.82) is 0 Å². The number of benzene rings is 1. The predicted molar refractivity (Wildman–Crippen MR) is 101 cm³/mol. The Kier molecular flexibility index (Phi) is 4.01. The standard InChI is InChI=1S/C22H31NO2/c1-15(2)7-9-23-10-8-22-14-25-21(3,4)13-19(22)20(23)11-16-5-6-17(24)12-18(16)22/h5-7,12,19-20,24H,8-11,13-14H2,1-4H3/t19-,20+,22+/m0/s1. The van der Waals surface area contributed by atoms with Gasteiger partial charge in [-0.1, -0.05) is 17.7 Å². The Morgan fingerprint density at radius 3 is 2.92 bits per heavy atom. The highest BCUT2D eigenvalue weighted by Gasteiger charge is 2.57. The van der Waals surface area contributed by atoms with Crippen molar-refractivity contribution in [3.8, 4) is 5.75 Å². The number of phenolic OH excluding ortho intramolecular Hbond substituents is 1. The highest BCUT2D eigenvalue weighted by atomic mass is 16.5. The lowest BCUT2D eigenvalue weighted by molar-refractivity contribution is -0.154. The molecule has 2 bridgehead atoms. The molecule has 2 heterocycles. The van der Waals surface area contributed by atoms with Crippen molar-refractivity contribution in [3.63, 3.8) is 0 Å². The second-order valence-corrected chi connectivity index (χ2v) is 9.15. The van der Waals surface area contributed by atoms with Crippen LogP contribution in [0.3, 0.4) is 0 Å². The molecule has 1 aromatic carbocycles. The monoisotopic (exact) mass is 341 g/mol. The van der Waals surface area contributed by atoms with Crippen LogP contribution in [0.15, 0.2) is 29.8 Å². The normalized spacial score (nSPS) is 33.3. The molecular weight excluding hydrogens is 310 g/mol. The first-order valence-electron chi connectivity index (χ1n) is 9.64. The van der Waals surface area contributed by atoms with Gasteiger partial charge in [0, 0.05) is 18.0 Å². The van der Waals surface area contributed by atoms with Crippen molar-refractivity contribution in [2.75, 3.05) is 19.7 Å². The van der Waals surface area contributed by atoms with Gasteiger partial charge in [-0.3, -0.25) is 4.90 Å². The van der Waals surface area contributed by atoms with Crippen LogP contribution in [-0.2, 0) is 16.6 Å². The Balaban J connectivity index is 1.77. The minimum absolute atomic E-state index is 0.0553. The summed E-state index contributed by atoms with van der Waals surface area (Å²) in [5, 5.41) is 10.1. The number of hydrogen-bond donors (Lipinski definition) is 1. The minimum atomic E-state index is -0.0553. The average molecular weight is 341 g/mol. The molecule has 0 saturated carbocycles. The third-order valence-electron chi connectivity index (χ3n) is 6.71. The second kappa shape index (κ2) is 5.85. The minimum Gasteiger partial charge on any atom is -0.508 e. The summed E-state index contributed by atoms with van der Waals surface area (Å²) in [6, 6.07) is 6.58. The summed E-state index contributed by atoms with van der Waals surface area (Å²) < 4.78 is 6.33. The molecule has 0 unspecified atom stereocenters. The van der Waals surface area contributed by atoms with Crippen LogP contribution in [0.5, 0.6) is 5.75 Å². The lowest BCUT2D eigenvalue weighted by Crippen LogP contribution is -2.65. The van der Waals surface area contributed by atoms with E-state index < -0.39 is 0 Å². The lowest BCUT2D eigenvalue weighted by atomic mass is 9.54. The van der Waals surface area contributed by atoms with Crippen LogP contribution >= 0.6 is 0 Å². The summed E-state index contributed by atoms with van der Waals surface area (Å²) in [7, 11) is 0. The molecule has 3 atom stereocenters. The van der Waals surface area contributed by atoms with Gasteiger partial charge in [0.15, 0.2) is 0 Å². The summed E-state index contributed by atoms with van der Waals surface area (Å²) >= 11 is 0. The van der Waals surface area contributed by atoms with Gasteiger partial charge in [0.2, 0.25) is 0 Å². The number of ether oxygens (including phenoxy) is 1. The van der Waals surface area contributed by atoms with Gasteiger partial charge in [-0.05, 0) is 82.7 Å². The molecule has 4 rings (SSSR count). The van der Waals surface area contributed by atoms with E-state index in [1.165, 1.54) is 16.7 Å². The number of hydrogen-bond acceptors (Lipinski definition) is 3. The average Bonchev–Trinajstić information content (AvgIpc) is 2.54. The van der Waals surface area contributed by atoms with Gasteiger partial charge in [-0.15, -0.1) is 0 Å². The van der Waals surface area contributed by atoms with E-state index in [-0.39, 0.29) is 11.0 Å². The van der Waals surface area contributed by atoms with Crippen molar-refractivity contribution in [1.82, 2.24) is 4.90 Å². The van der Waals surface area contributed by atoms with Gasteiger partial charge in [0.05, 0.1) is 12.2 Å². The van der Waals surface area contributed by atoms with E-state index in [0.717, 1.165) is 39.0 Å². The van der Waals surface area contributed by atoms with Crippen LogP contribution in [0.25, 0.3) is 0 Å². The molecular formula is C22H31NO2. The van der Waals surface area contributed by atoms with Crippen LogP contribution in [-0.4, -0.2) is 41.3 Å². The van der Waals surface area contributed by atoms with E-state index in [9.17, 15) is 5.11 Å². The van der Waals surface area contributed by atoms with E-state index in [0.29, 0.717) is 17.7 Å². The highest BCUT2D eigenvalue weighted by molar-refractivity contribution is 5.45. The first kappa shape index (κ1) is 17.1. The lowest BCUT2D eigenvalue weighted by Gasteiger charge is -2.61. The Labute approximate surface area is 151 Å². The fraction of sp³-hybridized carbons (Fsp3) is 0.636. The number of rotatable bonds is 2. The number of allylic oxidation sites excluding steroid dienone is 1. The zero-order valence-electron chi connectivity index (χ0n) is 16.0. The predicted octanol–water partition coefficient (Wildman–Crippen LogP) is 4.04. The largest absolute Gasteiger partial charge is 0.508 e. The van der Waals surface area contributed by atoms with Crippen molar-refractivity contribution < 1.29 is 9.84 Å². The maximum Gasteiger partial charge on any atom is 0.115 e. The molecule has 2 fully saturated rings. The molecule has 2 aliphatic heterocycles. The van der Waals surface area contributed by atoms with Gasteiger partial charge in [0.1, 0.15) is 5.75 Å². The number of fused-ring (bicyclic) bond motifs is 1. The molecule has 25 heavy (non-hydrogen) atoms. The molecule has 0 spiro atoms. The summed E-state index contributed by atoms with van der Waals surface area (Å²) in [4.78, 5) is 2.69. The molecule has 3 aliphatic rings. The second-order valence-electron chi connectivity index (χ2n) is 9.15. The molecule has 3 heteroatoms. The van der Waals surface area contributed by atoms with Crippen molar-refractivity contribution in [2.45, 2.75) is 64.0 Å². The van der Waals surface area contributed by atoms with Crippen molar-refractivity contribution >= 4 is 0 Å². The number of piperidine rings is 1. The summed E-state index contributed by atoms with van der Waals surface area (Å²) in [5.74, 6) is 0.993. The number of nitrogens with zero attached hydrogens (tertiary/aromatic N) is 1. The quantitative estimate of drug-likeness (QED) is 0.824. The van der Waals surface area contributed by atoms with Gasteiger partial charge in [0.25, 0.3) is 0 Å². The number of likely N-dealkylation sites (tertiary alicyclic amines) is 1. The maximum absolute atomic E-state index is 10.1. The summed E-state index contributed by atoms with van der Waals surface area (Å²) in [6.07, 6.45) is 5.67. The molecule has 0 radical (unpaired) electrons. The molecule has 136 valence electrons. The van der Waals surface area contributed by atoms with Crippen molar-refractivity contribution in [3.05, 3.63) is 41.0 Å². The molecule has 2 saturated heterocycles. The molecule has 3 nitrogen and oxygen atoms in total. The van der Waals surface area contributed by atoms with Crippen molar-refractivity contribution in [2.24, 2.45) is 5.92 Å². The molecule has 0 amide bonds. The zero-order valence-corrected chi connectivity index (χ0v) is 16.0.